The second-order valence-electron chi connectivity index (χ2n) is 5.74. The third-order valence-corrected chi connectivity index (χ3v) is 3.27. The average Bonchev–Trinajstić information content (AvgIpc) is 2.47. The lowest BCUT2D eigenvalue weighted by atomic mass is 10.1. The summed E-state index contributed by atoms with van der Waals surface area (Å²) in [5, 5.41) is 3.47. The maximum absolute atomic E-state index is 6.03. The van der Waals surface area contributed by atoms with E-state index in [1.54, 1.807) is 6.20 Å². The molecule has 1 aromatic carbocycles. The molecule has 0 saturated heterocycles. The highest BCUT2D eigenvalue weighted by Gasteiger charge is 2.07. The standard InChI is InChI=1S/C18H24N2O/c1-14(2)10-20-12-17-8-4-6-15(3)18(17)21-13-16-7-5-9-19-11-16/h4-9,11,14,20H,10,12-13H2,1-3H3. The third kappa shape index (κ3) is 4.87. The average molecular weight is 284 g/mol. The minimum atomic E-state index is 0.551. The number of hydrogen-bond donors (Lipinski definition) is 1. The highest BCUT2D eigenvalue weighted by Crippen LogP contribution is 2.24. The van der Waals surface area contributed by atoms with Gasteiger partial charge in [0.1, 0.15) is 12.4 Å². The summed E-state index contributed by atoms with van der Waals surface area (Å²) in [6.45, 7) is 8.91. The zero-order valence-corrected chi connectivity index (χ0v) is 13.1. The maximum atomic E-state index is 6.03. The van der Waals surface area contributed by atoms with E-state index in [4.69, 9.17) is 4.74 Å². The monoisotopic (exact) mass is 284 g/mol. The van der Waals surface area contributed by atoms with Gasteiger partial charge in [0.25, 0.3) is 0 Å². The lowest BCUT2D eigenvalue weighted by molar-refractivity contribution is 0.299. The molecule has 2 rings (SSSR count). The van der Waals surface area contributed by atoms with Gasteiger partial charge in [-0.2, -0.15) is 0 Å². The van der Waals surface area contributed by atoms with E-state index in [0.717, 1.165) is 24.4 Å². The van der Waals surface area contributed by atoms with E-state index in [-0.39, 0.29) is 0 Å². The summed E-state index contributed by atoms with van der Waals surface area (Å²) in [6, 6.07) is 10.3. The molecule has 0 aliphatic heterocycles. The molecule has 0 bridgehead atoms. The zero-order chi connectivity index (χ0) is 15.1. The van der Waals surface area contributed by atoms with Crippen molar-refractivity contribution in [1.29, 1.82) is 0 Å². The van der Waals surface area contributed by atoms with Crippen LogP contribution in [0, 0.1) is 12.8 Å². The normalized spacial score (nSPS) is 10.9. The quantitative estimate of drug-likeness (QED) is 0.841. The summed E-state index contributed by atoms with van der Waals surface area (Å²) >= 11 is 0. The molecule has 3 heteroatoms. The van der Waals surface area contributed by atoms with Crippen LogP contribution >= 0.6 is 0 Å². The van der Waals surface area contributed by atoms with Gasteiger partial charge >= 0.3 is 0 Å². The molecule has 3 nitrogen and oxygen atoms in total. The van der Waals surface area contributed by atoms with Gasteiger partial charge in [-0.15, -0.1) is 0 Å². The van der Waals surface area contributed by atoms with E-state index < -0.39 is 0 Å². The Kier molecular flexibility index (Phi) is 5.76. The number of hydrogen-bond acceptors (Lipinski definition) is 3. The SMILES string of the molecule is Cc1cccc(CNCC(C)C)c1OCc1cccnc1. The highest BCUT2D eigenvalue weighted by molar-refractivity contribution is 5.40. The summed E-state index contributed by atoms with van der Waals surface area (Å²) in [7, 11) is 0. The number of pyridine rings is 1. The first-order valence-electron chi connectivity index (χ1n) is 7.47. The van der Waals surface area contributed by atoms with Crippen molar-refractivity contribution in [3.63, 3.8) is 0 Å². The summed E-state index contributed by atoms with van der Waals surface area (Å²) in [4.78, 5) is 4.12. The highest BCUT2D eigenvalue weighted by atomic mass is 16.5. The molecule has 1 aromatic heterocycles. The summed E-state index contributed by atoms with van der Waals surface area (Å²) in [5.41, 5.74) is 3.46. The Hall–Kier alpha value is -1.87. The van der Waals surface area contributed by atoms with E-state index in [9.17, 15) is 0 Å². The second-order valence-corrected chi connectivity index (χ2v) is 5.74. The van der Waals surface area contributed by atoms with Gasteiger partial charge in [0, 0.05) is 30.1 Å². The predicted molar refractivity (Wildman–Crippen MR) is 86.3 cm³/mol. The summed E-state index contributed by atoms with van der Waals surface area (Å²) in [5.74, 6) is 1.63. The molecular weight excluding hydrogens is 260 g/mol. The van der Waals surface area contributed by atoms with Crippen LogP contribution in [-0.4, -0.2) is 11.5 Å². The molecule has 0 amide bonds. The second kappa shape index (κ2) is 7.79. The molecule has 0 unspecified atom stereocenters. The van der Waals surface area contributed by atoms with Gasteiger partial charge in [-0.25, -0.2) is 0 Å². The Morgan fingerprint density at radius 3 is 2.76 bits per heavy atom. The van der Waals surface area contributed by atoms with Crippen molar-refractivity contribution in [2.24, 2.45) is 5.92 Å². The molecule has 0 radical (unpaired) electrons. The van der Waals surface area contributed by atoms with Gasteiger partial charge in [-0.3, -0.25) is 4.98 Å². The Morgan fingerprint density at radius 1 is 1.19 bits per heavy atom. The first-order valence-corrected chi connectivity index (χ1v) is 7.47. The number of nitrogens with zero attached hydrogens (tertiary/aromatic N) is 1. The molecule has 0 aliphatic rings. The van der Waals surface area contributed by atoms with Crippen LogP contribution in [0.1, 0.15) is 30.5 Å². The molecule has 1 N–H and O–H groups in total. The Balaban J connectivity index is 2.03. The van der Waals surface area contributed by atoms with Crippen LogP contribution in [0.2, 0.25) is 0 Å². The lowest BCUT2D eigenvalue weighted by Crippen LogP contribution is -2.19. The molecule has 2 aromatic rings. The van der Waals surface area contributed by atoms with Gasteiger partial charge in [-0.05, 0) is 31.0 Å². The van der Waals surface area contributed by atoms with Crippen molar-refractivity contribution >= 4 is 0 Å². The van der Waals surface area contributed by atoms with Gasteiger partial charge in [0.2, 0.25) is 0 Å². The van der Waals surface area contributed by atoms with Crippen LogP contribution in [0.4, 0.5) is 0 Å². The van der Waals surface area contributed by atoms with Crippen LogP contribution in [0.3, 0.4) is 0 Å². The lowest BCUT2D eigenvalue weighted by Gasteiger charge is -2.15. The summed E-state index contributed by atoms with van der Waals surface area (Å²) in [6.07, 6.45) is 3.62. The molecule has 21 heavy (non-hydrogen) atoms. The molecule has 112 valence electrons. The molecular formula is C18H24N2O. The fourth-order valence-electron chi connectivity index (χ4n) is 2.19. The molecule has 1 heterocycles. The minimum Gasteiger partial charge on any atom is -0.488 e. The van der Waals surface area contributed by atoms with Crippen LogP contribution in [0.15, 0.2) is 42.7 Å². The molecule has 0 spiro atoms. The first-order chi connectivity index (χ1) is 10.2. The summed E-state index contributed by atoms with van der Waals surface area (Å²) < 4.78 is 6.03. The maximum Gasteiger partial charge on any atom is 0.127 e. The van der Waals surface area contributed by atoms with Crippen LogP contribution in [0.5, 0.6) is 5.75 Å². The van der Waals surface area contributed by atoms with E-state index in [2.05, 4.69) is 49.3 Å². The van der Waals surface area contributed by atoms with Crippen LogP contribution in [-0.2, 0) is 13.2 Å². The van der Waals surface area contributed by atoms with E-state index in [1.807, 2.05) is 18.3 Å². The molecule has 0 atom stereocenters. The van der Waals surface area contributed by atoms with Crippen molar-refractivity contribution in [3.8, 4) is 5.75 Å². The largest absolute Gasteiger partial charge is 0.488 e. The molecule has 0 aliphatic carbocycles. The fraction of sp³-hybridized carbons (Fsp3) is 0.389. The van der Waals surface area contributed by atoms with Crippen molar-refractivity contribution < 1.29 is 4.74 Å². The van der Waals surface area contributed by atoms with E-state index in [0.29, 0.717) is 12.5 Å². The molecule has 0 fully saturated rings. The van der Waals surface area contributed by atoms with Gasteiger partial charge in [-0.1, -0.05) is 38.1 Å². The fourth-order valence-corrected chi connectivity index (χ4v) is 2.19. The number of ether oxygens (including phenoxy) is 1. The van der Waals surface area contributed by atoms with Gasteiger partial charge in [0.15, 0.2) is 0 Å². The van der Waals surface area contributed by atoms with Gasteiger partial charge < -0.3 is 10.1 Å². The Bertz CT molecular complexity index is 552. The van der Waals surface area contributed by atoms with E-state index in [1.165, 1.54) is 11.1 Å². The van der Waals surface area contributed by atoms with Crippen LogP contribution < -0.4 is 10.1 Å². The number of rotatable bonds is 7. The predicted octanol–water partition coefficient (Wildman–Crippen LogP) is 3.71. The zero-order valence-electron chi connectivity index (χ0n) is 13.1. The smallest absolute Gasteiger partial charge is 0.127 e. The topological polar surface area (TPSA) is 34.1 Å². The van der Waals surface area contributed by atoms with Crippen molar-refractivity contribution in [2.45, 2.75) is 33.9 Å². The van der Waals surface area contributed by atoms with Crippen molar-refractivity contribution in [3.05, 3.63) is 59.4 Å². The number of nitrogens with one attached hydrogen (secondary N) is 1. The van der Waals surface area contributed by atoms with Crippen molar-refractivity contribution in [2.75, 3.05) is 6.54 Å². The van der Waals surface area contributed by atoms with Gasteiger partial charge in [0.05, 0.1) is 0 Å². The third-order valence-electron chi connectivity index (χ3n) is 3.27. The number of aryl methyl sites for hydroxylation is 1. The Labute approximate surface area is 127 Å². The Morgan fingerprint density at radius 2 is 2.05 bits per heavy atom. The van der Waals surface area contributed by atoms with Crippen molar-refractivity contribution in [1.82, 2.24) is 10.3 Å². The molecule has 0 saturated carbocycles. The number of para-hydroxylation sites is 1. The first kappa shape index (κ1) is 15.5. The van der Waals surface area contributed by atoms with E-state index >= 15 is 0 Å². The minimum absolute atomic E-state index is 0.551. The number of benzene rings is 1. The number of aromatic nitrogens is 1. The van der Waals surface area contributed by atoms with Crippen LogP contribution in [0.25, 0.3) is 0 Å².